The number of piperidine rings is 1. The Morgan fingerprint density at radius 1 is 1.39 bits per heavy atom. The first-order valence-electron chi connectivity index (χ1n) is 6.58. The second kappa shape index (κ2) is 4.61. The standard InChI is InChI=1S/C14H19N3O/c1-10-4-6-17(7-5-10)9-14-16-12-3-2-11(15)8-13(12)18-14/h2-3,8,10H,4-7,9,15H2,1H3. The van der Waals surface area contributed by atoms with E-state index in [0.717, 1.165) is 48.2 Å². The zero-order valence-electron chi connectivity index (χ0n) is 10.7. The molecule has 0 atom stereocenters. The summed E-state index contributed by atoms with van der Waals surface area (Å²) in [6.07, 6.45) is 2.54. The molecule has 4 heteroatoms. The first-order valence-corrected chi connectivity index (χ1v) is 6.58. The van der Waals surface area contributed by atoms with E-state index in [1.807, 2.05) is 18.2 Å². The van der Waals surface area contributed by atoms with Gasteiger partial charge in [0.1, 0.15) is 5.52 Å². The van der Waals surface area contributed by atoms with Gasteiger partial charge in [-0.25, -0.2) is 4.98 Å². The van der Waals surface area contributed by atoms with Crippen molar-refractivity contribution in [3.05, 3.63) is 24.1 Å². The van der Waals surface area contributed by atoms with Gasteiger partial charge in [0.2, 0.25) is 5.89 Å². The average Bonchev–Trinajstić information content (AvgIpc) is 2.73. The molecule has 96 valence electrons. The van der Waals surface area contributed by atoms with Crippen LogP contribution >= 0.6 is 0 Å². The van der Waals surface area contributed by atoms with Crippen LogP contribution in [0.1, 0.15) is 25.7 Å². The lowest BCUT2D eigenvalue weighted by Gasteiger charge is -2.28. The van der Waals surface area contributed by atoms with E-state index in [2.05, 4.69) is 16.8 Å². The minimum absolute atomic E-state index is 0.719. The van der Waals surface area contributed by atoms with Crippen LogP contribution in [0.5, 0.6) is 0 Å². The fraction of sp³-hybridized carbons (Fsp3) is 0.500. The minimum Gasteiger partial charge on any atom is -0.439 e. The maximum atomic E-state index is 5.75. The number of likely N-dealkylation sites (tertiary alicyclic amines) is 1. The molecular formula is C14H19N3O. The Balaban J connectivity index is 1.74. The number of nitrogens with two attached hydrogens (primary N) is 1. The van der Waals surface area contributed by atoms with Gasteiger partial charge in [0.05, 0.1) is 6.54 Å². The van der Waals surface area contributed by atoms with Crippen molar-refractivity contribution in [3.8, 4) is 0 Å². The molecule has 1 saturated heterocycles. The van der Waals surface area contributed by atoms with Gasteiger partial charge >= 0.3 is 0 Å². The van der Waals surface area contributed by atoms with Gasteiger partial charge in [0.15, 0.2) is 5.58 Å². The summed E-state index contributed by atoms with van der Waals surface area (Å²) in [7, 11) is 0. The van der Waals surface area contributed by atoms with Crippen LogP contribution in [0.25, 0.3) is 11.1 Å². The third kappa shape index (κ3) is 2.34. The predicted molar refractivity (Wildman–Crippen MR) is 72.1 cm³/mol. The summed E-state index contributed by atoms with van der Waals surface area (Å²) in [6, 6.07) is 5.61. The van der Waals surface area contributed by atoms with E-state index < -0.39 is 0 Å². The molecule has 4 nitrogen and oxygen atoms in total. The van der Waals surface area contributed by atoms with Crippen molar-refractivity contribution in [1.29, 1.82) is 0 Å². The number of fused-ring (bicyclic) bond motifs is 1. The van der Waals surface area contributed by atoms with Crippen molar-refractivity contribution in [2.75, 3.05) is 18.8 Å². The SMILES string of the molecule is CC1CCN(Cc2nc3ccc(N)cc3o2)CC1. The van der Waals surface area contributed by atoms with E-state index in [9.17, 15) is 0 Å². The van der Waals surface area contributed by atoms with E-state index in [-0.39, 0.29) is 0 Å². The van der Waals surface area contributed by atoms with E-state index >= 15 is 0 Å². The summed E-state index contributed by atoms with van der Waals surface area (Å²) in [5, 5.41) is 0. The van der Waals surface area contributed by atoms with Crippen LogP contribution in [0, 0.1) is 5.92 Å². The highest BCUT2D eigenvalue weighted by molar-refractivity contribution is 5.76. The Labute approximate surface area is 107 Å². The van der Waals surface area contributed by atoms with Gasteiger partial charge in [-0.1, -0.05) is 6.92 Å². The Morgan fingerprint density at radius 2 is 2.17 bits per heavy atom. The number of hydrogen-bond donors (Lipinski definition) is 1. The number of anilines is 1. The van der Waals surface area contributed by atoms with E-state index in [1.165, 1.54) is 12.8 Å². The molecule has 1 aliphatic heterocycles. The fourth-order valence-electron chi connectivity index (χ4n) is 2.47. The molecule has 1 aliphatic rings. The second-order valence-electron chi connectivity index (χ2n) is 5.29. The van der Waals surface area contributed by atoms with Crippen LogP contribution in [-0.4, -0.2) is 23.0 Å². The Morgan fingerprint density at radius 3 is 2.94 bits per heavy atom. The zero-order chi connectivity index (χ0) is 12.5. The molecule has 0 bridgehead atoms. The maximum absolute atomic E-state index is 5.75. The molecule has 3 rings (SSSR count). The van der Waals surface area contributed by atoms with Crippen molar-refractivity contribution in [1.82, 2.24) is 9.88 Å². The maximum Gasteiger partial charge on any atom is 0.209 e. The molecule has 0 saturated carbocycles. The highest BCUT2D eigenvalue weighted by atomic mass is 16.3. The summed E-state index contributed by atoms with van der Waals surface area (Å²) in [5.74, 6) is 1.65. The number of nitrogen functional groups attached to an aromatic ring is 1. The lowest BCUT2D eigenvalue weighted by atomic mass is 9.99. The van der Waals surface area contributed by atoms with Crippen LogP contribution in [0.2, 0.25) is 0 Å². The smallest absolute Gasteiger partial charge is 0.209 e. The van der Waals surface area contributed by atoms with E-state index in [4.69, 9.17) is 10.2 Å². The Bertz CT molecular complexity index is 541. The monoisotopic (exact) mass is 245 g/mol. The van der Waals surface area contributed by atoms with Crippen molar-refractivity contribution >= 4 is 16.8 Å². The quantitative estimate of drug-likeness (QED) is 0.826. The summed E-state index contributed by atoms with van der Waals surface area (Å²) >= 11 is 0. The number of benzene rings is 1. The van der Waals surface area contributed by atoms with Gasteiger partial charge in [0.25, 0.3) is 0 Å². The van der Waals surface area contributed by atoms with Crippen LogP contribution in [0.3, 0.4) is 0 Å². The largest absolute Gasteiger partial charge is 0.439 e. The molecule has 2 aromatic rings. The van der Waals surface area contributed by atoms with Gasteiger partial charge in [0, 0.05) is 11.8 Å². The van der Waals surface area contributed by atoms with Gasteiger partial charge < -0.3 is 10.2 Å². The van der Waals surface area contributed by atoms with Crippen LogP contribution in [0.15, 0.2) is 22.6 Å². The van der Waals surface area contributed by atoms with Crippen LogP contribution < -0.4 is 5.73 Å². The highest BCUT2D eigenvalue weighted by Gasteiger charge is 2.17. The van der Waals surface area contributed by atoms with Gasteiger partial charge in [-0.15, -0.1) is 0 Å². The number of nitrogens with zero attached hydrogens (tertiary/aromatic N) is 2. The third-order valence-corrected chi connectivity index (χ3v) is 3.69. The molecule has 2 N–H and O–H groups in total. The molecule has 0 spiro atoms. The molecule has 0 amide bonds. The lowest BCUT2D eigenvalue weighted by molar-refractivity contribution is 0.172. The number of rotatable bonds is 2. The van der Waals surface area contributed by atoms with Crippen molar-refractivity contribution in [3.63, 3.8) is 0 Å². The second-order valence-corrected chi connectivity index (χ2v) is 5.29. The fourth-order valence-corrected chi connectivity index (χ4v) is 2.47. The number of hydrogen-bond acceptors (Lipinski definition) is 4. The first-order chi connectivity index (χ1) is 8.70. The minimum atomic E-state index is 0.719. The Kier molecular flexibility index (Phi) is 2.96. The van der Waals surface area contributed by atoms with Gasteiger partial charge in [-0.2, -0.15) is 0 Å². The normalized spacial score (nSPS) is 18.5. The topological polar surface area (TPSA) is 55.3 Å². The summed E-state index contributed by atoms with van der Waals surface area (Å²) in [6.45, 7) is 5.41. The molecule has 0 unspecified atom stereocenters. The van der Waals surface area contributed by atoms with Crippen LogP contribution in [0.4, 0.5) is 5.69 Å². The van der Waals surface area contributed by atoms with Crippen molar-refractivity contribution in [2.45, 2.75) is 26.3 Å². The highest BCUT2D eigenvalue weighted by Crippen LogP contribution is 2.21. The molecule has 1 fully saturated rings. The molecule has 0 radical (unpaired) electrons. The van der Waals surface area contributed by atoms with Gasteiger partial charge in [-0.3, -0.25) is 4.90 Å². The number of oxazole rings is 1. The average molecular weight is 245 g/mol. The predicted octanol–water partition coefficient (Wildman–Crippen LogP) is 2.64. The molecule has 0 aliphatic carbocycles. The first kappa shape index (κ1) is 11.5. The molecule has 1 aromatic heterocycles. The van der Waals surface area contributed by atoms with E-state index in [0.29, 0.717) is 0 Å². The molecular weight excluding hydrogens is 226 g/mol. The lowest BCUT2D eigenvalue weighted by Crippen LogP contribution is -2.32. The zero-order valence-corrected chi connectivity index (χ0v) is 10.7. The van der Waals surface area contributed by atoms with Crippen LogP contribution in [-0.2, 0) is 6.54 Å². The summed E-state index contributed by atoms with van der Waals surface area (Å²) in [4.78, 5) is 6.91. The van der Waals surface area contributed by atoms with Gasteiger partial charge in [-0.05, 0) is 44.0 Å². The van der Waals surface area contributed by atoms with Crippen molar-refractivity contribution < 1.29 is 4.42 Å². The third-order valence-electron chi connectivity index (χ3n) is 3.69. The molecule has 1 aromatic carbocycles. The molecule has 2 heterocycles. The van der Waals surface area contributed by atoms with E-state index in [1.54, 1.807) is 0 Å². The number of aromatic nitrogens is 1. The van der Waals surface area contributed by atoms with Crippen molar-refractivity contribution in [2.24, 2.45) is 5.92 Å². The summed E-state index contributed by atoms with van der Waals surface area (Å²) < 4.78 is 5.75. The summed E-state index contributed by atoms with van der Waals surface area (Å²) in [5.41, 5.74) is 8.13. The Hall–Kier alpha value is -1.55. The molecule has 18 heavy (non-hydrogen) atoms.